The summed E-state index contributed by atoms with van der Waals surface area (Å²) in [5, 5.41) is 12.5. The van der Waals surface area contributed by atoms with E-state index in [2.05, 4.69) is 39.4 Å². The highest BCUT2D eigenvalue weighted by Crippen LogP contribution is 2.21. The number of aliphatic hydroxyl groups excluding tert-OH is 1. The van der Waals surface area contributed by atoms with E-state index >= 15 is 0 Å². The van der Waals surface area contributed by atoms with Crippen LogP contribution in [0.5, 0.6) is 0 Å². The summed E-state index contributed by atoms with van der Waals surface area (Å²) in [5.41, 5.74) is 1.72. The Labute approximate surface area is 209 Å². The second-order valence-electron chi connectivity index (χ2n) is 10.4. The highest BCUT2D eigenvalue weighted by Gasteiger charge is 2.36. The number of carbonyl (C=O) groups excluding carboxylic acids is 2. The Balaban J connectivity index is 1.46. The summed E-state index contributed by atoms with van der Waals surface area (Å²) in [7, 11) is 0. The van der Waals surface area contributed by atoms with E-state index in [0.29, 0.717) is 19.6 Å². The molecule has 2 N–H and O–H groups in total. The molecule has 3 rings (SSSR count). The average molecular weight is 491 g/mol. The van der Waals surface area contributed by atoms with Crippen molar-refractivity contribution < 1.29 is 24.2 Å². The number of carbonyl (C=O) groups is 2. The van der Waals surface area contributed by atoms with Crippen LogP contribution in [0.3, 0.4) is 0 Å². The quantitative estimate of drug-likeness (QED) is 0.545. The van der Waals surface area contributed by atoms with Gasteiger partial charge < -0.3 is 24.8 Å². The highest BCUT2D eigenvalue weighted by atomic mass is 16.6. The second-order valence-corrected chi connectivity index (χ2v) is 10.4. The lowest BCUT2D eigenvalue weighted by atomic mass is 10.1. The van der Waals surface area contributed by atoms with Gasteiger partial charge in [-0.2, -0.15) is 0 Å². The number of benzene rings is 1. The van der Waals surface area contributed by atoms with Crippen LogP contribution in [0.4, 0.5) is 4.79 Å². The Morgan fingerprint density at radius 1 is 1.17 bits per heavy atom. The predicted octanol–water partition coefficient (Wildman–Crippen LogP) is 1.83. The van der Waals surface area contributed by atoms with Gasteiger partial charge in [0.25, 0.3) is 0 Å². The van der Waals surface area contributed by atoms with E-state index in [9.17, 15) is 14.7 Å². The molecule has 0 bridgehead atoms. The van der Waals surface area contributed by atoms with E-state index in [0.717, 1.165) is 44.8 Å². The molecule has 196 valence electrons. The van der Waals surface area contributed by atoms with Crippen LogP contribution in [0.2, 0.25) is 0 Å². The zero-order valence-electron chi connectivity index (χ0n) is 21.7. The molecule has 2 aliphatic rings. The first-order valence-electron chi connectivity index (χ1n) is 12.7. The van der Waals surface area contributed by atoms with Crippen LogP contribution in [0.1, 0.15) is 45.2 Å². The fourth-order valence-electron chi connectivity index (χ4n) is 4.51. The SMILES string of the molecule is CC(C(=O)NCc1ccc(CN2CCOCC2)cc1)N1CCC(N(CCO)C(=O)OC(C)(C)C)C1. The van der Waals surface area contributed by atoms with Crippen molar-refractivity contribution >= 4 is 12.0 Å². The summed E-state index contributed by atoms with van der Waals surface area (Å²) in [6, 6.07) is 7.98. The number of amides is 2. The average Bonchev–Trinajstić information content (AvgIpc) is 3.30. The standard InChI is InChI=1S/C26H42N4O5/c1-20(29-10-9-23(19-29)30(11-14-31)25(33)35-26(2,3)4)24(32)27-17-21-5-7-22(8-6-21)18-28-12-15-34-16-13-28/h5-8,20,23,31H,9-19H2,1-4H3,(H,27,32). The zero-order valence-corrected chi connectivity index (χ0v) is 21.7. The second kappa shape index (κ2) is 12.7. The molecule has 9 nitrogen and oxygen atoms in total. The van der Waals surface area contributed by atoms with Crippen LogP contribution in [-0.4, -0.2) is 102 Å². The largest absolute Gasteiger partial charge is 0.444 e. The van der Waals surface area contributed by atoms with Crippen molar-refractivity contribution in [2.45, 2.75) is 64.9 Å². The van der Waals surface area contributed by atoms with Gasteiger partial charge in [-0.3, -0.25) is 14.6 Å². The van der Waals surface area contributed by atoms with Crippen molar-refractivity contribution in [3.63, 3.8) is 0 Å². The normalized spacial score (nSPS) is 20.4. The summed E-state index contributed by atoms with van der Waals surface area (Å²) < 4.78 is 10.9. The van der Waals surface area contributed by atoms with Crippen molar-refractivity contribution in [3.05, 3.63) is 35.4 Å². The Kier molecular flexibility index (Phi) is 9.91. The lowest BCUT2D eigenvalue weighted by molar-refractivity contribution is -0.125. The number of aliphatic hydroxyl groups is 1. The Hall–Kier alpha value is -2.20. The molecule has 2 aliphatic heterocycles. The van der Waals surface area contributed by atoms with Crippen LogP contribution in [0.25, 0.3) is 0 Å². The van der Waals surface area contributed by atoms with Gasteiger partial charge >= 0.3 is 6.09 Å². The monoisotopic (exact) mass is 490 g/mol. The molecule has 2 unspecified atom stereocenters. The summed E-state index contributed by atoms with van der Waals surface area (Å²) in [5.74, 6) is -0.0333. The van der Waals surface area contributed by atoms with Crippen molar-refractivity contribution in [3.8, 4) is 0 Å². The third-order valence-electron chi connectivity index (χ3n) is 6.53. The summed E-state index contributed by atoms with van der Waals surface area (Å²) in [6.07, 6.45) is 0.314. The molecule has 1 aromatic carbocycles. The first-order chi connectivity index (χ1) is 16.7. The molecule has 2 heterocycles. The van der Waals surface area contributed by atoms with Gasteiger partial charge in [-0.15, -0.1) is 0 Å². The molecule has 2 saturated heterocycles. The molecule has 0 aliphatic carbocycles. The first kappa shape index (κ1) is 27.4. The van der Waals surface area contributed by atoms with Gasteiger partial charge in [0.1, 0.15) is 5.60 Å². The van der Waals surface area contributed by atoms with Gasteiger partial charge in [0.2, 0.25) is 5.91 Å². The number of morpholine rings is 1. The van der Waals surface area contributed by atoms with Gasteiger partial charge in [-0.25, -0.2) is 4.79 Å². The van der Waals surface area contributed by atoms with Gasteiger partial charge in [-0.05, 0) is 45.2 Å². The number of nitrogens with zero attached hydrogens (tertiary/aromatic N) is 3. The van der Waals surface area contributed by atoms with E-state index in [1.54, 1.807) is 4.90 Å². The number of rotatable bonds is 9. The molecular weight excluding hydrogens is 448 g/mol. The molecule has 35 heavy (non-hydrogen) atoms. The summed E-state index contributed by atoms with van der Waals surface area (Å²) >= 11 is 0. The number of hydrogen-bond donors (Lipinski definition) is 2. The number of ether oxygens (including phenoxy) is 2. The van der Waals surface area contributed by atoms with Crippen LogP contribution < -0.4 is 5.32 Å². The zero-order chi connectivity index (χ0) is 25.4. The van der Waals surface area contributed by atoms with E-state index in [4.69, 9.17) is 9.47 Å². The Morgan fingerprint density at radius 2 is 1.83 bits per heavy atom. The van der Waals surface area contributed by atoms with Crippen LogP contribution in [0, 0.1) is 0 Å². The number of likely N-dealkylation sites (tertiary alicyclic amines) is 1. The van der Waals surface area contributed by atoms with Gasteiger partial charge in [0.05, 0.1) is 25.9 Å². The van der Waals surface area contributed by atoms with E-state index in [1.165, 1.54) is 5.56 Å². The fraction of sp³-hybridized carbons (Fsp3) is 0.692. The van der Waals surface area contributed by atoms with Gasteiger partial charge in [0.15, 0.2) is 0 Å². The van der Waals surface area contributed by atoms with Crippen molar-refractivity contribution in [2.75, 3.05) is 52.5 Å². The Bertz CT molecular complexity index is 820. The maximum Gasteiger partial charge on any atom is 0.410 e. The molecule has 2 amide bonds. The number of hydrogen-bond acceptors (Lipinski definition) is 7. The molecule has 0 saturated carbocycles. The predicted molar refractivity (Wildman–Crippen MR) is 134 cm³/mol. The maximum absolute atomic E-state index is 12.8. The lowest BCUT2D eigenvalue weighted by Gasteiger charge is -2.31. The summed E-state index contributed by atoms with van der Waals surface area (Å²) in [6.45, 7) is 13.6. The van der Waals surface area contributed by atoms with Gasteiger partial charge in [0, 0.05) is 51.9 Å². The molecule has 2 fully saturated rings. The highest BCUT2D eigenvalue weighted by molar-refractivity contribution is 5.81. The topological polar surface area (TPSA) is 94.6 Å². The van der Waals surface area contributed by atoms with Crippen LogP contribution in [0.15, 0.2) is 24.3 Å². The minimum Gasteiger partial charge on any atom is -0.444 e. The number of nitrogens with one attached hydrogen (secondary N) is 1. The van der Waals surface area contributed by atoms with Crippen LogP contribution in [-0.2, 0) is 27.4 Å². The van der Waals surface area contributed by atoms with Crippen molar-refractivity contribution in [1.29, 1.82) is 0 Å². The molecule has 1 aromatic rings. The van der Waals surface area contributed by atoms with E-state index < -0.39 is 11.7 Å². The molecule has 9 heteroatoms. The third-order valence-corrected chi connectivity index (χ3v) is 6.53. The van der Waals surface area contributed by atoms with E-state index in [-0.39, 0.29) is 31.1 Å². The molecule has 0 spiro atoms. The van der Waals surface area contributed by atoms with Gasteiger partial charge in [-0.1, -0.05) is 24.3 Å². The summed E-state index contributed by atoms with van der Waals surface area (Å²) in [4.78, 5) is 31.5. The van der Waals surface area contributed by atoms with Crippen LogP contribution >= 0.6 is 0 Å². The van der Waals surface area contributed by atoms with Crippen molar-refractivity contribution in [2.24, 2.45) is 0 Å². The third kappa shape index (κ3) is 8.45. The molecule has 0 radical (unpaired) electrons. The van der Waals surface area contributed by atoms with E-state index in [1.807, 2.05) is 27.7 Å². The molecular formula is C26H42N4O5. The minimum atomic E-state index is -0.600. The Morgan fingerprint density at radius 3 is 2.46 bits per heavy atom. The first-order valence-corrected chi connectivity index (χ1v) is 12.7. The minimum absolute atomic E-state index is 0.0333. The fourth-order valence-corrected chi connectivity index (χ4v) is 4.51. The smallest absolute Gasteiger partial charge is 0.410 e. The molecule has 2 atom stereocenters. The van der Waals surface area contributed by atoms with Crippen molar-refractivity contribution in [1.82, 2.24) is 20.0 Å². The lowest BCUT2D eigenvalue weighted by Crippen LogP contribution is -2.48. The molecule has 0 aromatic heterocycles. The maximum atomic E-state index is 12.8.